The predicted molar refractivity (Wildman–Crippen MR) is 68.8 cm³/mol. The van der Waals surface area contributed by atoms with Crippen molar-refractivity contribution in [1.29, 1.82) is 0 Å². The van der Waals surface area contributed by atoms with E-state index in [0.29, 0.717) is 25.9 Å². The van der Waals surface area contributed by atoms with Gasteiger partial charge in [-0.3, -0.25) is 9.69 Å². The van der Waals surface area contributed by atoms with Crippen molar-refractivity contribution in [3.05, 3.63) is 12.2 Å². The maximum absolute atomic E-state index is 14.5. The standard InChI is InChI=1S/C14H24FNO/c1-5-12(4)13(17)14(15)6-8-16(9-7-14)10-11(2)3/h12H,2,5-10H2,1,3-4H3. The fourth-order valence-corrected chi connectivity index (χ4v) is 2.32. The van der Waals surface area contributed by atoms with E-state index < -0.39 is 5.67 Å². The zero-order valence-corrected chi connectivity index (χ0v) is 11.3. The molecule has 0 amide bonds. The highest BCUT2D eigenvalue weighted by atomic mass is 19.1. The fraction of sp³-hybridized carbons (Fsp3) is 0.786. The first-order valence-electron chi connectivity index (χ1n) is 6.49. The number of piperidine rings is 1. The molecule has 0 bridgehead atoms. The number of carbonyl (C=O) groups excluding carboxylic acids is 1. The van der Waals surface area contributed by atoms with Gasteiger partial charge in [-0.05, 0) is 13.3 Å². The van der Waals surface area contributed by atoms with Gasteiger partial charge in [0.15, 0.2) is 11.5 Å². The van der Waals surface area contributed by atoms with Gasteiger partial charge in [-0.2, -0.15) is 0 Å². The first kappa shape index (κ1) is 14.4. The molecule has 1 saturated heterocycles. The van der Waals surface area contributed by atoms with Crippen molar-refractivity contribution in [3.63, 3.8) is 0 Å². The highest BCUT2D eigenvalue weighted by molar-refractivity contribution is 5.89. The van der Waals surface area contributed by atoms with Gasteiger partial charge >= 0.3 is 0 Å². The zero-order valence-electron chi connectivity index (χ0n) is 11.3. The van der Waals surface area contributed by atoms with E-state index >= 15 is 0 Å². The summed E-state index contributed by atoms with van der Waals surface area (Å²) in [7, 11) is 0. The van der Waals surface area contributed by atoms with Crippen LogP contribution in [0, 0.1) is 5.92 Å². The summed E-state index contributed by atoms with van der Waals surface area (Å²) in [4.78, 5) is 14.1. The average Bonchev–Trinajstić information content (AvgIpc) is 2.30. The average molecular weight is 241 g/mol. The molecule has 0 saturated carbocycles. The lowest BCUT2D eigenvalue weighted by molar-refractivity contribution is -0.137. The van der Waals surface area contributed by atoms with Crippen LogP contribution in [0.4, 0.5) is 4.39 Å². The quantitative estimate of drug-likeness (QED) is 0.690. The van der Waals surface area contributed by atoms with Crippen LogP contribution < -0.4 is 0 Å². The summed E-state index contributed by atoms with van der Waals surface area (Å²) in [5, 5.41) is 0. The van der Waals surface area contributed by atoms with Crippen LogP contribution in [0.5, 0.6) is 0 Å². The second kappa shape index (κ2) is 5.76. The van der Waals surface area contributed by atoms with Gasteiger partial charge < -0.3 is 0 Å². The lowest BCUT2D eigenvalue weighted by Crippen LogP contribution is -2.48. The Hall–Kier alpha value is -0.700. The highest BCUT2D eigenvalue weighted by Crippen LogP contribution is 2.31. The minimum Gasteiger partial charge on any atom is -0.299 e. The Kier molecular flexibility index (Phi) is 4.87. The van der Waals surface area contributed by atoms with E-state index in [9.17, 15) is 9.18 Å². The lowest BCUT2D eigenvalue weighted by atomic mass is 9.82. The third-order valence-electron chi connectivity index (χ3n) is 3.64. The molecule has 1 aliphatic heterocycles. The van der Waals surface area contributed by atoms with Crippen molar-refractivity contribution in [1.82, 2.24) is 4.90 Å². The Morgan fingerprint density at radius 3 is 2.41 bits per heavy atom. The smallest absolute Gasteiger partial charge is 0.172 e. The van der Waals surface area contributed by atoms with Crippen molar-refractivity contribution in [2.45, 2.75) is 45.7 Å². The van der Waals surface area contributed by atoms with E-state index in [1.54, 1.807) is 0 Å². The summed E-state index contributed by atoms with van der Waals surface area (Å²) in [6, 6.07) is 0. The summed E-state index contributed by atoms with van der Waals surface area (Å²) in [6.45, 7) is 11.7. The molecule has 1 unspecified atom stereocenters. The molecule has 0 aliphatic carbocycles. The van der Waals surface area contributed by atoms with Crippen LogP contribution >= 0.6 is 0 Å². The number of nitrogens with zero attached hydrogens (tertiary/aromatic N) is 1. The zero-order chi connectivity index (χ0) is 13.1. The van der Waals surface area contributed by atoms with Gasteiger partial charge in [0.25, 0.3) is 0 Å². The molecule has 1 atom stereocenters. The van der Waals surface area contributed by atoms with Crippen molar-refractivity contribution in [3.8, 4) is 0 Å². The Labute approximate surface area is 104 Å². The molecule has 0 radical (unpaired) electrons. The van der Waals surface area contributed by atoms with Crippen LogP contribution in [0.3, 0.4) is 0 Å². The van der Waals surface area contributed by atoms with Crippen molar-refractivity contribution in [2.75, 3.05) is 19.6 Å². The molecule has 0 spiro atoms. The van der Waals surface area contributed by atoms with Gasteiger partial charge in [-0.15, -0.1) is 0 Å². The van der Waals surface area contributed by atoms with Crippen molar-refractivity contribution < 1.29 is 9.18 Å². The Bertz CT molecular complexity index is 293. The summed E-state index contributed by atoms with van der Waals surface area (Å²) in [6.07, 6.45) is 1.40. The molecule has 1 heterocycles. The minimum absolute atomic E-state index is 0.160. The van der Waals surface area contributed by atoms with E-state index in [4.69, 9.17) is 0 Å². The number of carbonyl (C=O) groups is 1. The Balaban J connectivity index is 2.54. The van der Waals surface area contributed by atoms with E-state index in [1.807, 2.05) is 20.8 Å². The van der Waals surface area contributed by atoms with Crippen molar-refractivity contribution >= 4 is 5.78 Å². The largest absolute Gasteiger partial charge is 0.299 e. The van der Waals surface area contributed by atoms with Gasteiger partial charge in [0, 0.05) is 38.4 Å². The van der Waals surface area contributed by atoms with Gasteiger partial charge in [0.2, 0.25) is 0 Å². The number of likely N-dealkylation sites (tertiary alicyclic amines) is 1. The molecule has 2 nitrogen and oxygen atoms in total. The summed E-state index contributed by atoms with van der Waals surface area (Å²) in [5.41, 5.74) is -0.495. The molecule has 17 heavy (non-hydrogen) atoms. The molecule has 1 aliphatic rings. The normalized spacial score (nSPS) is 22.1. The number of halogens is 1. The fourth-order valence-electron chi connectivity index (χ4n) is 2.32. The number of Topliss-reactive ketones (excluding diaryl/α,β-unsaturated/α-hetero) is 1. The summed E-state index contributed by atoms with van der Waals surface area (Å²) >= 11 is 0. The number of hydrogen-bond donors (Lipinski definition) is 0. The third kappa shape index (κ3) is 3.63. The van der Waals surface area contributed by atoms with Crippen LogP contribution in [0.25, 0.3) is 0 Å². The number of alkyl halides is 1. The van der Waals surface area contributed by atoms with Crippen molar-refractivity contribution in [2.24, 2.45) is 5.92 Å². The third-order valence-corrected chi connectivity index (χ3v) is 3.64. The van der Waals surface area contributed by atoms with Gasteiger partial charge in [-0.25, -0.2) is 4.39 Å². The highest BCUT2D eigenvalue weighted by Gasteiger charge is 2.42. The van der Waals surface area contributed by atoms with Gasteiger partial charge in [0.1, 0.15) is 0 Å². The minimum atomic E-state index is -1.58. The first-order valence-corrected chi connectivity index (χ1v) is 6.49. The topological polar surface area (TPSA) is 20.3 Å². The Morgan fingerprint density at radius 2 is 2.00 bits per heavy atom. The molecule has 0 aromatic rings. The van der Waals surface area contributed by atoms with Crippen LogP contribution in [0.2, 0.25) is 0 Å². The number of hydrogen-bond acceptors (Lipinski definition) is 2. The molecular weight excluding hydrogens is 217 g/mol. The van der Waals surface area contributed by atoms with E-state index in [-0.39, 0.29) is 11.7 Å². The Morgan fingerprint density at radius 1 is 1.47 bits per heavy atom. The second-order valence-electron chi connectivity index (χ2n) is 5.37. The van der Waals surface area contributed by atoms with Gasteiger partial charge in [-0.1, -0.05) is 26.0 Å². The molecule has 0 aromatic heterocycles. The second-order valence-corrected chi connectivity index (χ2v) is 5.37. The van der Waals surface area contributed by atoms with Crippen LogP contribution in [-0.4, -0.2) is 36.0 Å². The lowest BCUT2D eigenvalue weighted by Gasteiger charge is -2.36. The van der Waals surface area contributed by atoms with E-state index in [0.717, 1.165) is 18.5 Å². The maximum atomic E-state index is 14.5. The van der Waals surface area contributed by atoms with Crippen LogP contribution in [0.15, 0.2) is 12.2 Å². The van der Waals surface area contributed by atoms with Crippen LogP contribution in [0.1, 0.15) is 40.0 Å². The molecule has 1 fully saturated rings. The first-order chi connectivity index (χ1) is 7.89. The molecule has 98 valence electrons. The molecule has 1 rings (SSSR count). The maximum Gasteiger partial charge on any atom is 0.172 e. The molecular formula is C14H24FNO. The summed E-state index contributed by atoms with van der Waals surface area (Å²) in [5.74, 6) is -0.359. The van der Waals surface area contributed by atoms with Crippen LogP contribution in [-0.2, 0) is 4.79 Å². The van der Waals surface area contributed by atoms with E-state index in [2.05, 4.69) is 11.5 Å². The number of rotatable bonds is 5. The summed E-state index contributed by atoms with van der Waals surface area (Å²) < 4.78 is 14.5. The molecule has 3 heteroatoms. The SMILES string of the molecule is C=C(C)CN1CCC(F)(C(=O)C(C)CC)CC1. The monoisotopic (exact) mass is 241 g/mol. The molecule has 0 aromatic carbocycles. The predicted octanol–water partition coefficient (Wildman–Crippen LogP) is 2.98. The van der Waals surface area contributed by atoms with Gasteiger partial charge in [0.05, 0.1) is 0 Å². The van der Waals surface area contributed by atoms with E-state index in [1.165, 1.54) is 0 Å². The number of ketones is 1. The molecule has 0 N–H and O–H groups in total.